The van der Waals surface area contributed by atoms with Crippen LogP contribution in [0.2, 0.25) is 0 Å². The highest BCUT2D eigenvalue weighted by Crippen LogP contribution is 2.07. The van der Waals surface area contributed by atoms with Gasteiger partial charge in [0.15, 0.2) is 0 Å². The average molecular weight is 275 g/mol. The first-order valence-electron chi connectivity index (χ1n) is 6.15. The van der Waals surface area contributed by atoms with Crippen molar-refractivity contribution < 1.29 is 14.4 Å². The number of carbonyl (C=O) groups is 3. The van der Waals surface area contributed by atoms with E-state index < -0.39 is 0 Å². The molecule has 1 heterocycles. The Balaban J connectivity index is 2.32. The minimum absolute atomic E-state index is 0.00496. The molecule has 1 saturated heterocycles. The van der Waals surface area contributed by atoms with Crippen molar-refractivity contribution in [2.75, 3.05) is 32.1 Å². The first kappa shape index (κ1) is 15.0. The van der Waals surface area contributed by atoms with Crippen molar-refractivity contribution in [1.82, 2.24) is 9.80 Å². The molecule has 1 rings (SSSR count). The maximum absolute atomic E-state index is 11.8. The summed E-state index contributed by atoms with van der Waals surface area (Å²) in [4.78, 5) is 37.6. The highest BCUT2D eigenvalue weighted by atomic mass is 35.5. The lowest BCUT2D eigenvalue weighted by Crippen LogP contribution is -2.50. The van der Waals surface area contributed by atoms with E-state index in [1.165, 1.54) is 6.92 Å². The summed E-state index contributed by atoms with van der Waals surface area (Å²) in [6, 6.07) is 0. The fraction of sp³-hybridized carbons (Fsp3) is 0.750. The van der Waals surface area contributed by atoms with Gasteiger partial charge in [0.05, 0.1) is 0 Å². The Bertz CT molecular complexity index is 325. The van der Waals surface area contributed by atoms with Gasteiger partial charge >= 0.3 is 0 Å². The van der Waals surface area contributed by atoms with Crippen LogP contribution < -0.4 is 0 Å². The number of hydrogen-bond acceptors (Lipinski definition) is 3. The lowest BCUT2D eigenvalue weighted by Gasteiger charge is -2.34. The fourth-order valence-corrected chi connectivity index (χ4v) is 2.05. The summed E-state index contributed by atoms with van der Waals surface area (Å²) in [6.45, 7) is 3.69. The van der Waals surface area contributed by atoms with Crippen LogP contribution in [0.4, 0.5) is 0 Å². The van der Waals surface area contributed by atoms with Crippen LogP contribution in [0.1, 0.15) is 26.2 Å². The maximum atomic E-state index is 11.8. The van der Waals surface area contributed by atoms with Crippen LogP contribution in [0.25, 0.3) is 0 Å². The Morgan fingerprint density at radius 3 is 1.72 bits per heavy atom. The molecule has 0 aromatic heterocycles. The minimum Gasteiger partial charge on any atom is -0.339 e. The molecule has 0 aliphatic carbocycles. The number of hydrogen-bond donors (Lipinski definition) is 0. The molecule has 1 aliphatic rings. The van der Waals surface area contributed by atoms with Gasteiger partial charge in [-0.1, -0.05) is 0 Å². The zero-order valence-corrected chi connectivity index (χ0v) is 11.4. The zero-order valence-electron chi connectivity index (χ0n) is 10.7. The highest BCUT2D eigenvalue weighted by molar-refractivity contribution is 6.18. The van der Waals surface area contributed by atoms with E-state index >= 15 is 0 Å². The van der Waals surface area contributed by atoms with Gasteiger partial charge in [0.25, 0.3) is 0 Å². The molecule has 0 radical (unpaired) electrons. The van der Waals surface area contributed by atoms with Crippen molar-refractivity contribution in [2.45, 2.75) is 26.2 Å². The van der Waals surface area contributed by atoms with Crippen LogP contribution in [0.3, 0.4) is 0 Å². The number of Topliss-reactive ketones (excluding diaryl/α,β-unsaturated/α-hetero) is 1. The lowest BCUT2D eigenvalue weighted by atomic mass is 10.2. The lowest BCUT2D eigenvalue weighted by molar-refractivity contribution is -0.139. The number of alkyl halides is 1. The normalized spacial score (nSPS) is 15.7. The van der Waals surface area contributed by atoms with E-state index in [0.717, 1.165) is 0 Å². The van der Waals surface area contributed by atoms with E-state index in [1.54, 1.807) is 9.80 Å². The minimum atomic E-state index is -0.00496. The molecule has 1 fully saturated rings. The van der Waals surface area contributed by atoms with Crippen molar-refractivity contribution in [3.63, 3.8) is 0 Å². The maximum Gasteiger partial charge on any atom is 0.223 e. The van der Waals surface area contributed by atoms with E-state index in [-0.39, 0.29) is 24.0 Å². The van der Waals surface area contributed by atoms with Crippen molar-refractivity contribution in [3.05, 3.63) is 0 Å². The number of nitrogens with zero attached hydrogens (tertiary/aromatic N) is 2. The van der Waals surface area contributed by atoms with E-state index in [1.807, 2.05) is 0 Å². The first-order chi connectivity index (χ1) is 8.54. The van der Waals surface area contributed by atoms with Gasteiger partial charge in [0.1, 0.15) is 5.78 Å². The summed E-state index contributed by atoms with van der Waals surface area (Å²) < 4.78 is 0. The second-order valence-electron chi connectivity index (χ2n) is 4.40. The van der Waals surface area contributed by atoms with Crippen molar-refractivity contribution in [3.8, 4) is 0 Å². The van der Waals surface area contributed by atoms with E-state index in [0.29, 0.717) is 44.9 Å². The summed E-state index contributed by atoms with van der Waals surface area (Å²) in [5, 5.41) is 0. The first-order valence-corrected chi connectivity index (χ1v) is 6.69. The Morgan fingerprint density at radius 1 is 0.889 bits per heavy atom. The number of ketones is 1. The molecule has 2 amide bonds. The van der Waals surface area contributed by atoms with Crippen molar-refractivity contribution in [2.24, 2.45) is 0 Å². The van der Waals surface area contributed by atoms with Crippen LogP contribution in [0, 0.1) is 0 Å². The number of amides is 2. The predicted octanol–water partition coefficient (Wildman–Crippen LogP) is 0.655. The second-order valence-corrected chi connectivity index (χ2v) is 4.78. The predicted molar refractivity (Wildman–Crippen MR) is 68.4 cm³/mol. The molecule has 0 spiro atoms. The SMILES string of the molecule is CC(=O)CCC(=O)N1CCN(C(=O)CCCl)CC1. The molecular formula is C12H19ClN2O3. The van der Waals surface area contributed by atoms with E-state index in [9.17, 15) is 14.4 Å². The Kier molecular flexibility index (Phi) is 6.12. The zero-order chi connectivity index (χ0) is 13.5. The van der Waals surface area contributed by atoms with Gasteiger partial charge in [-0.25, -0.2) is 0 Å². The van der Waals surface area contributed by atoms with Crippen LogP contribution >= 0.6 is 11.6 Å². The van der Waals surface area contributed by atoms with Gasteiger partial charge in [0, 0.05) is 51.3 Å². The number of halogens is 1. The van der Waals surface area contributed by atoms with Crippen LogP contribution in [0.15, 0.2) is 0 Å². The molecule has 0 atom stereocenters. The Morgan fingerprint density at radius 2 is 1.33 bits per heavy atom. The Hall–Kier alpha value is -1.10. The fourth-order valence-electron chi connectivity index (χ4n) is 1.89. The molecule has 5 nitrogen and oxygen atoms in total. The third-order valence-electron chi connectivity index (χ3n) is 2.98. The molecular weight excluding hydrogens is 256 g/mol. The van der Waals surface area contributed by atoms with E-state index in [4.69, 9.17) is 11.6 Å². The highest BCUT2D eigenvalue weighted by Gasteiger charge is 2.23. The largest absolute Gasteiger partial charge is 0.339 e. The topological polar surface area (TPSA) is 57.7 Å². The molecule has 0 N–H and O–H groups in total. The quantitative estimate of drug-likeness (QED) is 0.692. The summed E-state index contributed by atoms with van der Waals surface area (Å²) in [5.74, 6) is 0.395. The van der Waals surface area contributed by atoms with Crippen LogP contribution in [0.5, 0.6) is 0 Å². The summed E-state index contributed by atoms with van der Waals surface area (Å²) in [7, 11) is 0. The molecule has 0 saturated carbocycles. The molecule has 0 unspecified atom stereocenters. The van der Waals surface area contributed by atoms with Crippen molar-refractivity contribution in [1.29, 1.82) is 0 Å². The third kappa shape index (κ3) is 4.64. The standard InChI is InChI=1S/C12H19ClN2O3/c1-10(16)2-3-11(17)14-6-8-15(9-7-14)12(18)4-5-13/h2-9H2,1H3. The monoisotopic (exact) mass is 274 g/mol. The summed E-state index contributed by atoms with van der Waals surface area (Å²) >= 11 is 5.52. The second kappa shape index (κ2) is 7.36. The van der Waals surface area contributed by atoms with Crippen molar-refractivity contribution >= 4 is 29.2 Å². The van der Waals surface area contributed by atoms with Gasteiger partial charge < -0.3 is 14.6 Å². The van der Waals surface area contributed by atoms with Gasteiger partial charge in [-0.3, -0.25) is 9.59 Å². The molecule has 18 heavy (non-hydrogen) atoms. The van der Waals surface area contributed by atoms with Crippen LogP contribution in [-0.4, -0.2) is 59.5 Å². The number of rotatable bonds is 5. The van der Waals surface area contributed by atoms with Gasteiger partial charge in [-0.15, -0.1) is 11.6 Å². The van der Waals surface area contributed by atoms with E-state index in [2.05, 4.69) is 0 Å². The molecule has 0 aromatic rings. The van der Waals surface area contributed by atoms with Gasteiger partial charge in [-0.05, 0) is 6.92 Å². The summed E-state index contributed by atoms with van der Waals surface area (Å²) in [6.07, 6.45) is 0.912. The summed E-state index contributed by atoms with van der Waals surface area (Å²) in [5.41, 5.74) is 0. The number of carbonyl (C=O) groups excluding carboxylic acids is 3. The smallest absolute Gasteiger partial charge is 0.223 e. The van der Waals surface area contributed by atoms with Gasteiger partial charge in [0.2, 0.25) is 11.8 Å². The molecule has 6 heteroatoms. The van der Waals surface area contributed by atoms with Crippen LogP contribution in [-0.2, 0) is 14.4 Å². The molecule has 102 valence electrons. The average Bonchev–Trinajstić information content (AvgIpc) is 2.36. The molecule has 1 aliphatic heterocycles. The van der Waals surface area contributed by atoms with Gasteiger partial charge in [-0.2, -0.15) is 0 Å². The molecule has 0 bridgehead atoms. The number of piperazine rings is 1. The Labute approximate surface area is 112 Å². The molecule has 0 aromatic carbocycles. The third-order valence-corrected chi connectivity index (χ3v) is 3.17.